The highest BCUT2D eigenvalue weighted by atomic mass is 16.5. The number of fused-ring (bicyclic) bond motifs is 1. The first-order valence-corrected chi connectivity index (χ1v) is 6.78. The molecule has 0 unspecified atom stereocenters. The summed E-state index contributed by atoms with van der Waals surface area (Å²) >= 11 is 0. The SMILES string of the molecule is CC(=O)c1cc2c(c(C(C)(C)C)c1)OCCN2CC#N. The summed E-state index contributed by atoms with van der Waals surface area (Å²) in [5.41, 5.74) is 2.42. The molecule has 1 aliphatic heterocycles. The lowest BCUT2D eigenvalue weighted by Gasteiger charge is -2.34. The van der Waals surface area contributed by atoms with E-state index in [4.69, 9.17) is 10.00 Å². The van der Waals surface area contributed by atoms with E-state index in [0.717, 1.165) is 17.0 Å². The van der Waals surface area contributed by atoms with E-state index in [2.05, 4.69) is 26.8 Å². The normalized spacial score (nSPS) is 14.2. The number of benzene rings is 1. The molecule has 1 aromatic carbocycles. The molecule has 0 bridgehead atoms. The van der Waals surface area contributed by atoms with Crippen molar-refractivity contribution in [3.8, 4) is 11.8 Å². The van der Waals surface area contributed by atoms with E-state index in [1.807, 2.05) is 17.0 Å². The van der Waals surface area contributed by atoms with Gasteiger partial charge in [-0.05, 0) is 24.5 Å². The number of anilines is 1. The first kappa shape index (κ1) is 14.4. The minimum Gasteiger partial charge on any atom is -0.489 e. The van der Waals surface area contributed by atoms with Gasteiger partial charge in [0.25, 0.3) is 0 Å². The summed E-state index contributed by atoms with van der Waals surface area (Å²) in [5.74, 6) is 0.838. The molecule has 0 saturated carbocycles. The zero-order chi connectivity index (χ0) is 14.9. The minimum atomic E-state index is -0.120. The Bertz CT molecular complexity index is 579. The van der Waals surface area contributed by atoms with E-state index >= 15 is 0 Å². The fourth-order valence-electron chi connectivity index (χ4n) is 2.39. The molecular weight excluding hydrogens is 252 g/mol. The molecule has 0 radical (unpaired) electrons. The van der Waals surface area contributed by atoms with Gasteiger partial charge in [-0.2, -0.15) is 5.26 Å². The number of rotatable bonds is 2. The molecule has 1 heterocycles. The Morgan fingerprint density at radius 3 is 2.70 bits per heavy atom. The molecule has 106 valence electrons. The molecule has 0 spiro atoms. The number of nitriles is 1. The Morgan fingerprint density at radius 1 is 1.45 bits per heavy atom. The average molecular weight is 272 g/mol. The number of ether oxygens (including phenoxy) is 1. The molecule has 4 heteroatoms. The highest BCUT2D eigenvalue weighted by Crippen LogP contribution is 2.41. The van der Waals surface area contributed by atoms with Crippen molar-refractivity contribution < 1.29 is 9.53 Å². The fraction of sp³-hybridized carbons (Fsp3) is 0.500. The van der Waals surface area contributed by atoms with Gasteiger partial charge in [0.2, 0.25) is 0 Å². The number of Topliss-reactive ketones (excluding diaryl/α,β-unsaturated/α-hetero) is 1. The summed E-state index contributed by atoms with van der Waals surface area (Å²) in [6, 6.07) is 5.92. The molecule has 0 fully saturated rings. The van der Waals surface area contributed by atoms with Crippen molar-refractivity contribution in [1.29, 1.82) is 5.26 Å². The lowest BCUT2D eigenvalue weighted by Crippen LogP contribution is -2.34. The molecule has 0 aliphatic carbocycles. The molecule has 0 saturated heterocycles. The van der Waals surface area contributed by atoms with E-state index in [9.17, 15) is 4.79 Å². The van der Waals surface area contributed by atoms with Crippen molar-refractivity contribution >= 4 is 11.5 Å². The van der Waals surface area contributed by atoms with Crippen LogP contribution in [0.3, 0.4) is 0 Å². The van der Waals surface area contributed by atoms with Crippen LogP contribution in [-0.4, -0.2) is 25.5 Å². The monoisotopic (exact) mass is 272 g/mol. The third-order valence-corrected chi connectivity index (χ3v) is 3.49. The van der Waals surface area contributed by atoms with E-state index < -0.39 is 0 Å². The van der Waals surface area contributed by atoms with Crippen LogP contribution in [0.5, 0.6) is 5.75 Å². The summed E-state index contributed by atoms with van der Waals surface area (Å²) in [4.78, 5) is 13.7. The molecule has 2 rings (SSSR count). The minimum absolute atomic E-state index is 0.0285. The van der Waals surface area contributed by atoms with E-state index in [0.29, 0.717) is 25.3 Å². The highest BCUT2D eigenvalue weighted by molar-refractivity contribution is 5.96. The predicted molar refractivity (Wildman–Crippen MR) is 78.5 cm³/mol. The molecule has 0 aromatic heterocycles. The number of hydrogen-bond acceptors (Lipinski definition) is 4. The lowest BCUT2D eigenvalue weighted by molar-refractivity contribution is 0.101. The smallest absolute Gasteiger partial charge is 0.159 e. The largest absolute Gasteiger partial charge is 0.489 e. The Hall–Kier alpha value is -2.02. The van der Waals surface area contributed by atoms with E-state index in [1.165, 1.54) is 0 Å². The van der Waals surface area contributed by atoms with Gasteiger partial charge in [-0.1, -0.05) is 20.8 Å². The van der Waals surface area contributed by atoms with Crippen LogP contribution in [0.25, 0.3) is 0 Å². The van der Waals surface area contributed by atoms with Gasteiger partial charge in [0.1, 0.15) is 18.9 Å². The van der Waals surface area contributed by atoms with Crippen LogP contribution >= 0.6 is 0 Å². The van der Waals surface area contributed by atoms with Crippen molar-refractivity contribution in [2.24, 2.45) is 0 Å². The second-order valence-electron chi connectivity index (χ2n) is 6.11. The quantitative estimate of drug-likeness (QED) is 0.613. The zero-order valence-electron chi connectivity index (χ0n) is 12.5. The van der Waals surface area contributed by atoms with Crippen LogP contribution in [0, 0.1) is 11.3 Å². The summed E-state index contributed by atoms with van der Waals surface area (Å²) in [5, 5.41) is 8.95. The van der Waals surface area contributed by atoms with Gasteiger partial charge in [0.15, 0.2) is 5.78 Å². The number of carbonyl (C=O) groups is 1. The summed E-state index contributed by atoms with van der Waals surface area (Å²) in [6.45, 7) is 9.40. The number of nitrogens with zero attached hydrogens (tertiary/aromatic N) is 2. The molecule has 0 N–H and O–H groups in total. The summed E-state index contributed by atoms with van der Waals surface area (Å²) in [7, 11) is 0. The van der Waals surface area contributed by atoms with Crippen molar-refractivity contribution in [1.82, 2.24) is 0 Å². The van der Waals surface area contributed by atoms with Crippen molar-refractivity contribution in [3.63, 3.8) is 0 Å². The van der Waals surface area contributed by atoms with Crippen LogP contribution in [0.4, 0.5) is 5.69 Å². The molecule has 1 aliphatic rings. The Kier molecular flexibility index (Phi) is 3.71. The topological polar surface area (TPSA) is 53.3 Å². The van der Waals surface area contributed by atoms with Gasteiger partial charge >= 0.3 is 0 Å². The Labute approximate surface area is 120 Å². The molecule has 0 amide bonds. The van der Waals surface area contributed by atoms with Gasteiger partial charge in [0.05, 0.1) is 18.3 Å². The highest BCUT2D eigenvalue weighted by Gasteiger charge is 2.28. The first-order valence-electron chi connectivity index (χ1n) is 6.78. The molecule has 20 heavy (non-hydrogen) atoms. The average Bonchev–Trinajstić information content (AvgIpc) is 2.37. The molecule has 0 atom stereocenters. The van der Waals surface area contributed by atoms with Crippen LogP contribution < -0.4 is 9.64 Å². The van der Waals surface area contributed by atoms with Gasteiger partial charge in [-0.3, -0.25) is 4.79 Å². The number of hydrogen-bond donors (Lipinski definition) is 0. The van der Waals surface area contributed by atoms with Crippen LogP contribution in [0.2, 0.25) is 0 Å². The summed E-state index contributed by atoms with van der Waals surface area (Å²) < 4.78 is 5.83. The predicted octanol–water partition coefficient (Wildman–Crippen LogP) is 2.91. The third kappa shape index (κ3) is 2.62. The fourth-order valence-corrected chi connectivity index (χ4v) is 2.39. The lowest BCUT2D eigenvalue weighted by atomic mass is 9.84. The van der Waals surface area contributed by atoms with E-state index in [-0.39, 0.29) is 11.2 Å². The van der Waals surface area contributed by atoms with Gasteiger partial charge in [-0.15, -0.1) is 0 Å². The maximum absolute atomic E-state index is 11.8. The van der Waals surface area contributed by atoms with Crippen molar-refractivity contribution in [2.45, 2.75) is 33.1 Å². The second-order valence-corrected chi connectivity index (χ2v) is 6.11. The second kappa shape index (κ2) is 5.16. The van der Waals surface area contributed by atoms with Gasteiger partial charge in [0, 0.05) is 11.1 Å². The zero-order valence-corrected chi connectivity index (χ0v) is 12.5. The van der Waals surface area contributed by atoms with Crippen LogP contribution in [0.15, 0.2) is 12.1 Å². The van der Waals surface area contributed by atoms with Crippen LogP contribution in [-0.2, 0) is 5.41 Å². The first-order chi connectivity index (χ1) is 9.34. The van der Waals surface area contributed by atoms with Gasteiger partial charge < -0.3 is 9.64 Å². The standard InChI is InChI=1S/C16H20N2O2/c1-11(19)12-9-13(16(2,3)4)15-14(10-12)18(6-5-17)7-8-20-15/h9-10H,6-8H2,1-4H3. The maximum atomic E-state index is 11.8. The van der Waals surface area contributed by atoms with Crippen LogP contribution in [0.1, 0.15) is 43.6 Å². The van der Waals surface area contributed by atoms with Crippen molar-refractivity contribution in [3.05, 3.63) is 23.3 Å². The summed E-state index contributed by atoms with van der Waals surface area (Å²) in [6.07, 6.45) is 0. The Morgan fingerprint density at radius 2 is 2.15 bits per heavy atom. The maximum Gasteiger partial charge on any atom is 0.159 e. The molecule has 4 nitrogen and oxygen atoms in total. The Balaban J connectivity index is 2.65. The number of carbonyl (C=O) groups excluding carboxylic acids is 1. The van der Waals surface area contributed by atoms with Gasteiger partial charge in [-0.25, -0.2) is 0 Å². The van der Waals surface area contributed by atoms with E-state index in [1.54, 1.807) is 6.92 Å². The number of ketones is 1. The third-order valence-electron chi connectivity index (χ3n) is 3.49. The molecule has 1 aromatic rings. The van der Waals surface area contributed by atoms with Crippen molar-refractivity contribution in [2.75, 3.05) is 24.6 Å². The molecular formula is C16H20N2O2.